The van der Waals surface area contributed by atoms with Crippen LogP contribution >= 0.6 is 0 Å². The molecule has 0 radical (unpaired) electrons. The van der Waals surface area contributed by atoms with Gasteiger partial charge in [-0.1, -0.05) is 48.5 Å². The zero-order chi connectivity index (χ0) is 25.7. The summed E-state index contributed by atoms with van der Waals surface area (Å²) in [6.07, 6.45) is 0.0421. The van der Waals surface area contributed by atoms with Crippen LogP contribution in [0, 0.1) is 27.7 Å². The molecular weight excluding hydrogens is 456 g/mol. The Hall–Kier alpha value is -4.53. The van der Waals surface area contributed by atoms with Crippen molar-refractivity contribution < 1.29 is 14.3 Å². The number of aromatic nitrogens is 4. The van der Waals surface area contributed by atoms with Crippen LogP contribution in [-0.2, 0) is 16.0 Å². The summed E-state index contributed by atoms with van der Waals surface area (Å²) in [5.41, 5.74) is 10.6. The molecule has 0 fully saturated rings. The second-order valence-electron chi connectivity index (χ2n) is 8.44. The Kier molecular flexibility index (Phi) is 7.39. The van der Waals surface area contributed by atoms with Gasteiger partial charge in [-0.2, -0.15) is 5.10 Å². The fourth-order valence-electron chi connectivity index (χ4n) is 3.90. The van der Waals surface area contributed by atoms with Crippen molar-refractivity contribution in [1.82, 2.24) is 30.6 Å². The lowest BCUT2D eigenvalue weighted by Crippen LogP contribution is -2.44. The minimum Gasteiger partial charge on any atom is -0.483 e. The third kappa shape index (κ3) is 5.75. The number of hydrazine groups is 1. The molecule has 9 heteroatoms. The molecule has 0 aliphatic carbocycles. The van der Waals surface area contributed by atoms with E-state index in [-0.39, 0.29) is 18.9 Å². The van der Waals surface area contributed by atoms with Crippen molar-refractivity contribution in [2.24, 2.45) is 0 Å². The van der Waals surface area contributed by atoms with E-state index in [0.717, 1.165) is 33.8 Å². The van der Waals surface area contributed by atoms with Gasteiger partial charge in [0.2, 0.25) is 5.91 Å². The largest absolute Gasteiger partial charge is 0.483 e. The molecule has 0 aliphatic rings. The first kappa shape index (κ1) is 24.6. The summed E-state index contributed by atoms with van der Waals surface area (Å²) in [4.78, 5) is 33.8. The average molecular weight is 485 g/mol. The quantitative estimate of drug-likeness (QED) is 0.389. The second-order valence-corrected chi connectivity index (χ2v) is 8.44. The predicted molar refractivity (Wildman–Crippen MR) is 135 cm³/mol. The molecule has 36 heavy (non-hydrogen) atoms. The lowest BCUT2D eigenvalue weighted by Gasteiger charge is -2.12. The highest BCUT2D eigenvalue weighted by molar-refractivity contribution is 5.84. The van der Waals surface area contributed by atoms with E-state index >= 15 is 0 Å². The fourth-order valence-corrected chi connectivity index (χ4v) is 3.90. The molecule has 0 saturated carbocycles. The number of rotatable bonds is 7. The van der Waals surface area contributed by atoms with E-state index in [9.17, 15) is 9.59 Å². The van der Waals surface area contributed by atoms with Crippen molar-refractivity contribution in [2.45, 2.75) is 34.1 Å². The van der Waals surface area contributed by atoms with Crippen molar-refractivity contribution >= 4 is 11.8 Å². The molecular formula is C27H28N6O3. The fraction of sp³-hybridized carbons (Fsp3) is 0.222. The van der Waals surface area contributed by atoms with E-state index in [4.69, 9.17) is 4.74 Å². The number of para-hydroxylation sites is 1. The molecule has 4 aromatic rings. The summed E-state index contributed by atoms with van der Waals surface area (Å²) < 4.78 is 7.36. The van der Waals surface area contributed by atoms with Gasteiger partial charge in [0.1, 0.15) is 5.75 Å². The number of hydrogen-bond acceptors (Lipinski definition) is 6. The van der Waals surface area contributed by atoms with E-state index in [1.165, 1.54) is 0 Å². The zero-order valence-electron chi connectivity index (χ0n) is 20.7. The summed E-state index contributed by atoms with van der Waals surface area (Å²) in [6, 6.07) is 19.1. The molecule has 0 bridgehead atoms. The summed E-state index contributed by atoms with van der Waals surface area (Å²) in [6.45, 7) is 7.23. The van der Waals surface area contributed by atoms with Crippen LogP contribution in [0.1, 0.15) is 28.3 Å². The van der Waals surface area contributed by atoms with Crippen molar-refractivity contribution in [3.05, 3.63) is 89.0 Å². The molecule has 2 aromatic carbocycles. The highest BCUT2D eigenvalue weighted by Gasteiger charge is 2.18. The zero-order valence-corrected chi connectivity index (χ0v) is 20.7. The van der Waals surface area contributed by atoms with Gasteiger partial charge in [0.05, 0.1) is 12.1 Å². The number of carbonyl (C=O) groups excluding carboxylic acids is 2. The van der Waals surface area contributed by atoms with Gasteiger partial charge in [0.15, 0.2) is 6.61 Å². The minimum atomic E-state index is -0.473. The van der Waals surface area contributed by atoms with E-state index in [0.29, 0.717) is 17.4 Å². The normalized spacial score (nSPS) is 10.7. The van der Waals surface area contributed by atoms with Gasteiger partial charge in [-0.3, -0.25) is 20.4 Å². The second kappa shape index (κ2) is 10.8. The standard InChI is InChI=1S/C27H28N6O3/c1-17-14-18(2)29-27(28-17)33-20(4)23(19(3)32-33)15-25(34)30-31-26(35)16-36-24-13-9-8-12-22(24)21-10-6-5-7-11-21/h5-14H,15-16H2,1-4H3,(H,30,34)(H,31,35). The summed E-state index contributed by atoms with van der Waals surface area (Å²) in [5, 5.41) is 4.51. The molecule has 9 nitrogen and oxygen atoms in total. The maximum Gasteiger partial charge on any atom is 0.276 e. The molecule has 0 spiro atoms. The number of nitrogens with zero attached hydrogens (tertiary/aromatic N) is 4. The Labute approximate surface area is 209 Å². The number of aryl methyl sites for hydroxylation is 3. The molecule has 2 heterocycles. The minimum absolute atomic E-state index is 0.0421. The van der Waals surface area contributed by atoms with E-state index in [2.05, 4.69) is 25.9 Å². The van der Waals surface area contributed by atoms with Crippen LogP contribution in [0.25, 0.3) is 17.1 Å². The topological polar surface area (TPSA) is 111 Å². The van der Waals surface area contributed by atoms with Crippen LogP contribution in [0.15, 0.2) is 60.7 Å². The first-order valence-corrected chi connectivity index (χ1v) is 11.5. The Balaban J connectivity index is 1.34. The number of hydrogen-bond donors (Lipinski definition) is 2. The summed E-state index contributed by atoms with van der Waals surface area (Å²) in [5.74, 6) is 0.192. The molecule has 184 valence electrons. The first-order valence-electron chi connectivity index (χ1n) is 11.5. The SMILES string of the molecule is Cc1cc(C)nc(-n2nc(C)c(CC(=O)NNC(=O)COc3ccccc3-c3ccccc3)c2C)n1. The van der Waals surface area contributed by atoms with E-state index in [1.807, 2.05) is 82.3 Å². The number of carbonyl (C=O) groups is 2. The Morgan fingerprint density at radius 1 is 0.861 bits per heavy atom. The Morgan fingerprint density at radius 3 is 2.22 bits per heavy atom. The number of nitrogens with one attached hydrogen (secondary N) is 2. The molecule has 2 amide bonds. The summed E-state index contributed by atoms with van der Waals surface area (Å²) >= 11 is 0. The van der Waals surface area contributed by atoms with Gasteiger partial charge < -0.3 is 4.74 Å². The van der Waals surface area contributed by atoms with E-state index in [1.54, 1.807) is 10.7 Å². The van der Waals surface area contributed by atoms with Crippen LogP contribution in [0.3, 0.4) is 0 Å². The lowest BCUT2D eigenvalue weighted by atomic mass is 10.1. The molecule has 2 aromatic heterocycles. The molecule has 0 unspecified atom stereocenters. The highest BCUT2D eigenvalue weighted by Crippen LogP contribution is 2.29. The number of benzene rings is 2. The van der Waals surface area contributed by atoms with Crippen LogP contribution in [0.2, 0.25) is 0 Å². The van der Waals surface area contributed by atoms with Gasteiger partial charge in [-0.15, -0.1) is 0 Å². The van der Waals surface area contributed by atoms with Gasteiger partial charge in [0, 0.05) is 28.2 Å². The molecule has 0 saturated heterocycles. The van der Waals surface area contributed by atoms with Crippen LogP contribution in [-0.4, -0.2) is 38.2 Å². The highest BCUT2D eigenvalue weighted by atomic mass is 16.5. The third-order valence-electron chi connectivity index (χ3n) is 5.61. The van der Waals surface area contributed by atoms with Gasteiger partial charge in [-0.05, 0) is 45.4 Å². The monoisotopic (exact) mass is 484 g/mol. The maximum absolute atomic E-state index is 12.6. The van der Waals surface area contributed by atoms with Crippen molar-refractivity contribution in [1.29, 1.82) is 0 Å². The predicted octanol–water partition coefficient (Wildman–Crippen LogP) is 3.33. The molecule has 4 rings (SSSR count). The molecule has 0 aliphatic heterocycles. The van der Waals surface area contributed by atoms with Crippen molar-refractivity contribution in [3.8, 4) is 22.8 Å². The van der Waals surface area contributed by atoms with Crippen LogP contribution in [0.5, 0.6) is 5.75 Å². The Bertz CT molecular complexity index is 1380. The average Bonchev–Trinajstić information content (AvgIpc) is 3.14. The first-order chi connectivity index (χ1) is 17.3. The van der Waals surface area contributed by atoms with Crippen LogP contribution < -0.4 is 15.6 Å². The third-order valence-corrected chi connectivity index (χ3v) is 5.61. The van der Waals surface area contributed by atoms with Gasteiger partial charge >= 0.3 is 0 Å². The number of amides is 2. The lowest BCUT2D eigenvalue weighted by molar-refractivity contribution is -0.129. The number of ether oxygens (including phenoxy) is 1. The van der Waals surface area contributed by atoms with Crippen molar-refractivity contribution in [3.63, 3.8) is 0 Å². The van der Waals surface area contributed by atoms with Crippen molar-refractivity contribution in [2.75, 3.05) is 6.61 Å². The smallest absolute Gasteiger partial charge is 0.276 e. The Morgan fingerprint density at radius 2 is 1.50 bits per heavy atom. The maximum atomic E-state index is 12.6. The van der Waals surface area contributed by atoms with E-state index < -0.39 is 5.91 Å². The van der Waals surface area contributed by atoms with Gasteiger partial charge in [-0.25, -0.2) is 14.6 Å². The summed E-state index contributed by atoms with van der Waals surface area (Å²) in [7, 11) is 0. The van der Waals surface area contributed by atoms with Gasteiger partial charge in [0.25, 0.3) is 11.9 Å². The molecule has 0 atom stereocenters. The van der Waals surface area contributed by atoms with Crippen LogP contribution in [0.4, 0.5) is 0 Å². The molecule has 2 N–H and O–H groups in total.